The maximum atomic E-state index is 11.9. The van der Waals surface area contributed by atoms with Gasteiger partial charge < -0.3 is 10.6 Å². The molecule has 0 radical (unpaired) electrons. The van der Waals surface area contributed by atoms with Crippen LogP contribution in [0.2, 0.25) is 0 Å². The van der Waals surface area contributed by atoms with Crippen LogP contribution in [0.1, 0.15) is 11.8 Å². The van der Waals surface area contributed by atoms with Gasteiger partial charge in [0.25, 0.3) is 5.91 Å². The van der Waals surface area contributed by atoms with Crippen molar-refractivity contribution >= 4 is 68.9 Å². The van der Waals surface area contributed by atoms with Gasteiger partial charge in [-0.05, 0) is 18.4 Å². The molecule has 9 nitrogen and oxygen atoms in total. The molecule has 1 saturated heterocycles. The number of amides is 3. The number of β-lactam (4-membered cyclic amide) rings is 1. The summed E-state index contributed by atoms with van der Waals surface area (Å²) in [6.45, 7) is 1.12. The van der Waals surface area contributed by atoms with Gasteiger partial charge in [0.1, 0.15) is 12.1 Å². The zero-order chi connectivity index (χ0) is 17.2. The second-order valence-corrected chi connectivity index (χ2v) is 7.32. The third-order valence-electron chi connectivity index (χ3n) is 3.17. The molecule has 3 N–H and O–H groups in total. The summed E-state index contributed by atoms with van der Waals surface area (Å²) in [5.74, 6) is -1.87. The Balaban J connectivity index is 0.00000288. The van der Waals surface area contributed by atoms with E-state index in [0.717, 1.165) is 4.88 Å². The summed E-state index contributed by atoms with van der Waals surface area (Å²) >= 11 is 1.42. The predicted molar refractivity (Wildman–Crippen MR) is 88.0 cm³/mol. The first kappa shape index (κ1) is 21.1. The fourth-order valence-corrected chi connectivity index (χ4v) is 3.33. The van der Waals surface area contributed by atoms with Crippen molar-refractivity contribution in [1.82, 2.24) is 14.9 Å². The predicted octanol–water partition coefficient (Wildman–Crippen LogP) is -1.72. The van der Waals surface area contributed by atoms with E-state index in [9.17, 15) is 22.8 Å². The minimum absolute atomic E-state index is 0. The number of nitrogens with one attached hydrogen (secondary N) is 2. The van der Waals surface area contributed by atoms with Crippen LogP contribution in [0.3, 0.4) is 0 Å². The van der Waals surface area contributed by atoms with E-state index in [1.54, 1.807) is 6.07 Å². The molecule has 0 aromatic carbocycles. The Morgan fingerprint density at radius 2 is 2.17 bits per heavy atom. The van der Waals surface area contributed by atoms with E-state index in [1.165, 1.54) is 18.3 Å². The number of hydrogen-bond acceptors (Lipinski definition) is 6. The van der Waals surface area contributed by atoms with Crippen LogP contribution in [0.15, 0.2) is 17.5 Å². The summed E-state index contributed by atoms with van der Waals surface area (Å²) in [6, 6.07) is 1.70. The van der Waals surface area contributed by atoms with Crippen LogP contribution in [0.4, 0.5) is 0 Å². The van der Waals surface area contributed by atoms with Gasteiger partial charge in [-0.25, -0.2) is 4.31 Å². The summed E-state index contributed by atoms with van der Waals surface area (Å²) in [4.78, 5) is 36.0. The number of nitrogens with zero attached hydrogens (tertiary/aromatic N) is 1. The van der Waals surface area contributed by atoms with Gasteiger partial charge in [-0.1, -0.05) is 6.07 Å². The van der Waals surface area contributed by atoms with E-state index in [1.807, 2.05) is 11.4 Å². The first-order valence-electron chi connectivity index (χ1n) is 6.59. The van der Waals surface area contributed by atoms with Gasteiger partial charge in [-0.2, -0.15) is 8.42 Å². The molecular weight excluding hydrogens is 369 g/mol. The van der Waals surface area contributed by atoms with Crippen LogP contribution >= 0.6 is 11.3 Å². The van der Waals surface area contributed by atoms with Gasteiger partial charge in [-0.3, -0.25) is 18.9 Å². The molecule has 1 unspecified atom stereocenters. The number of carbonyl (C=O) groups excluding carboxylic acids is 3. The topological polar surface area (TPSA) is 133 Å². The van der Waals surface area contributed by atoms with Crippen molar-refractivity contribution in [3.8, 4) is 0 Å². The molecule has 1 aromatic rings. The van der Waals surface area contributed by atoms with Crippen LogP contribution in [0.5, 0.6) is 0 Å². The van der Waals surface area contributed by atoms with E-state index < -0.39 is 34.2 Å². The zero-order valence-corrected chi connectivity index (χ0v) is 13.7. The van der Waals surface area contributed by atoms with Crippen LogP contribution in [0, 0.1) is 0 Å². The van der Waals surface area contributed by atoms with Gasteiger partial charge in [0.2, 0.25) is 11.8 Å². The molecule has 2 atom stereocenters. The molecule has 128 valence electrons. The molecule has 1 aliphatic heterocycles. The molecule has 1 aliphatic rings. The molecule has 1 fully saturated rings. The van der Waals surface area contributed by atoms with Crippen molar-refractivity contribution in [1.29, 1.82) is 0 Å². The first-order chi connectivity index (χ1) is 10.7. The number of hydrogen-bond donors (Lipinski definition) is 3. The third kappa shape index (κ3) is 5.26. The van der Waals surface area contributed by atoms with Crippen LogP contribution in [-0.4, -0.2) is 83.2 Å². The molecule has 24 heavy (non-hydrogen) atoms. The third-order valence-corrected chi connectivity index (χ3v) is 4.94. The summed E-state index contributed by atoms with van der Waals surface area (Å²) in [5.41, 5.74) is 0. The molecule has 0 aliphatic carbocycles. The van der Waals surface area contributed by atoms with E-state index in [-0.39, 0.29) is 52.7 Å². The van der Waals surface area contributed by atoms with Crippen molar-refractivity contribution in [2.45, 2.75) is 25.4 Å². The molecule has 2 heterocycles. The van der Waals surface area contributed by atoms with Gasteiger partial charge >= 0.3 is 39.9 Å². The van der Waals surface area contributed by atoms with E-state index >= 15 is 0 Å². The summed E-state index contributed by atoms with van der Waals surface area (Å²) in [7, 11) is -4.59. The van der Waals surface area contributed by atoms with E-state index in [0.29, 0.717) is 0 Å². The molecule has 0 saturated carbocycles. The number of rotatable bonds is 6. The molecule has 1 aromatic heterocycles. The molecular formula is C12H16N3NaO6S2. The van der Waals surface area contributed by atoms with Crippen LogP contribution in [-0.2, 0) is 31.1 Å². The zero-order valence-electron chi connectivity index (χ0n) is 12.1. The van der Waals surface area contributed by atoms with Gasteiger partial charge in [0.05, 0.1) is 13.0 Å². The Morgan fingerprint density at radius 3 is 2.67 bits per heavy atom. The summed E-state index contributed by atoms with van der Waals surface area (Å²) in [5, 5.41) is 6.64. The van der Waals surface area contributed by atoms with Crippen molar-refractivity contribution in [3.05, 3.63) is 22.4 Å². The Hall–Kier alpha value is -0.980. The van der Waals surface area contributed by atoms with Crippen molar-refractivity contribution in [2.75, 3.05) is 6.54 Å². The Labute approximate surface area is 165 Å². The quantitative estimate of drug-likeness (QED) is 0.303. The molecule has 0 bridgehead atoms. The van der Waals surface area contributed by atoms with E-state index in [2.05, 4.69) is 10.6 Å². The fourth-order valence-electron chi connectivity index (χ4n) is 1.94. The van der Waals surface area contributed by atoms with Gasteiger partial charge in [-0.15, -0.1) is 11.3 Å². The monoisotopic (exact) mass is 385 g/mol. The molecule has 3 amide bonds. The van der Waals surface area contributed by atoms with Crippen LogP contribution in [0.25, 0.3) is 0 Å². The standard InChI is InChI=1S/C12H15N3O6S2.Na.H/c1-7(13-10(16)5-8-3-2-4-22-8)11(17)14-9-6-15(12(9)18)23(19,20)21;;/h2-4,7,9H,5-6H2,1H3,(H,13,16)(H,14,17)(H,19,20,21);;/t7-,9?;;/m1../s1. The molecule has 12 heteroatoms. The first-order valence-corrected chi connectivity index (χ1v) is 8.87. The average Bonchev–Trinajstić information content (AvgIpc) is 2.93. The second-order valence-electron chi connectivity index (χ2n) is 4.95. The average molecular weight is 385 g/mol. The van der Waals surface area contributed by atoms with E-state index in [4.69, 9.17) is 4.55 Å². The number of carbonyl (C=O) groups is 3. The number of thiophene rings is 1. The minimum atomic E-state index is -4.59. The Kier molecular flexibility index (Phi) is 7.38. The SMILES string of the molecule is C[C@@H](NC(=O)Cc1cccs1)C(=O)NC1CN(S(=O)(=O)O)C1=O.[NaH]. The van der Waals surface area contributed by atoms with Crippen molar-refractivity contribution in [3.63, 3.8) is 0 Å². The van der Waals surface area contributed by atoms with Crippen molar-refractivity contribution < 1.29 is 27.4 Å². The van der Waals surface area contributed by atoms with Crippen LogP contribution < -0.4 is 10.6 Å². The van der Waals surface area contributed by atoms with Crippen molar-refractivity contribution in [2.24, 2.45) is 0 Å². The van der Waals surface area contributed by atoms with Gasteiger partial charge in [0, 0.05) is 4.88 Å². The summed E-state index contributed by atoms with van der Waals surface area (Å²) in [6.07, 6.45) is 0.147. The summed E-state index contributed by atoms with van der Waals surface area (Å²) < 4.78 is 30.5. The molecule has 0 spiro atoms. The maximum absolute atomic E-state index is 11.9. The molecule has 2 rings (SSSR count). The normalized spacial score (nSPS) is 18.2. The second kappa shape index (κ2) is 8.41. The fraction of sp³-hybridized carbons (Fsp3) is 0.417. The van der Waals surface area contributed by atoms with Gasteiger partial charge in [0.15, 0.2) is 0 Å². The Bertz CT molecular complexity index is 721. The Morgan fingerprint density at radius 1 is 1.50 bits per heavy atom.